The fraction of sp³-hybridized carbons (Fsp3) is 0.471. The van der Waals surface area contributed by atoms with Crippen molar-refractivity contribution in [2.75, 3.05) is 13.7 Å². The van der Waals surface area contributed by atoms with E-state index in [-0.39, 0.29) is 5.41 Å². The van der Waals surface area contributed by atoms with Crippen molar-refractivity contribution in [1.82, 2.24) is 10.3 Å². The zero-order valence-corrected chi connectivity index (χ0v) is 14.3. The van der Waals surface area contributed by atoms with E-state index in [0.717, 1.165) is 28.6 Å². The molecule has 0 aliphatic rings. The van der Waals surface area contributed by atoms with Gasteiger partial charge in [-0.15, -0.1) is 11.3 Å². The van der Waals surface area contributed by atoms with Crippen LogP contribution in [0.5, 0.6) is 5.75 Å². The molecule has 0 amide bonds. The highest BCUT2D eigenvalue weighted by Gasteiger charge is 2.20. The number of benzene rings is 1. The van der Waals surface area contributed by atoms with Crippen molar-refractivity contribution in [3.8, 4) is 17.0 Å². The molecule has 114 valence electrons. The zero-order chi connectivity index (χ0) is 15.5. The molecular formula is C17H24N2OS. The van der Waals surface area contributed by atoms with E-state index < -0.39 is 0 Å². The molecule has 0 radical (unpaired) electrons. The molecule has 0 unspecified atom stereocenters. The lowest BCUT2D eigenvalue weighted by molar-refractivity contribution is 0.330. The Hall–Kier alpha value is -1.39. The quantitative estimate of drug-likeness (QED) is 0.898. The monoisotopic (exact) mass is 304 g/mol. The molecule has 1 heterocycles. The normalized spacial score (nSPS) is 11.7. The average molecular weight is 304 g/mol. The van der Waals surface area contributed by atoms with Gasteiger partial charge in [0.15, 0.2) is 0 Å². The number of hydrogen-bond acceptors (Lipinski definition) is 4. The third kappa shape index (κ3) is 3.83. The highest BCUT2D eigenvalue weighted by atomic mass is 32.1. The van der Waals surface area contributed by atoms with Crippen LogP contribution in [0.25, 0.3) is 11.3 Å². The van der Waals surface area contributed by atoms with Crippen LogP contribution in [-0.2, 0) is 12.0 Å². The highest BCUT2D eigenvalue weighted by Crippen LogP contribution is 2.35. The topological polar surface area (TPSA) is 34.1 Å². The van der Waals surface area contributed by atoms with Crippen LogP contribution in [0.3, 0.4) is 0 Å². The lowest BCUT2D eigenvalue weighted by Gasteiger charge is -2.23. The van der Waals surface area contributed by atoms with E-state index in [2.05, 4.69) is 54.7 Å². The van der Waals surface area contributed by atoms with Gasteiger partial charge >= 0.3 is 0 Å². The van der Waals surface area contributed by atoms with Crippen molar-refractivity contribution < 1.29 is 4.74 Å². The van der Waals surface area contributed by atoms with Crippen molar-refractivity contribution in [3.63, 3.8) is 0 Å². The fourth-order valence-electron chi connectivity index (χ4n) is 2.23. The Morgan fingerprint density at radius 1 is 1.29 bits per heavy atom. The minimum absolute atomic E-state index is 0.0460. The molecule has 0 saturated heterocycles. The van der Waals surface area contributed by atoms with Crippen molar-refractivity contribution in [2.24, 2.45) is 0 Å². The van der Waals surface area contributed by atoms with Gasteiger partial charge in [0.05, 0.1) is 12.3 Å². The number of aromatic nitrogens is 1. The van der Waals surface area contributed by atoms with Crippen LogP contribution in [0.4, 0.5) is 0 Å². The third-order valence-electron chi connectivity index (χ3n) is 3.26. The van der Waals surface area contributed by atoms with Crippen LogP contribution >= 0.6 is 11.3 Å². The van der Waals surface area contributed by atoms with E-state index in [4.69, 9.17) is 4.74 Å². The number of nitrogens with one attached hydrogen (secondary N) is 1. The molecule has 0 atom stereocenters. The van der Waals surface area contributed by atoms with E-state index in [1.54, 1.807) is 11.3 Å². The lowest BCUT2D eigenvalue weighted by Crippen LogP contribution is -2.13. The summed E-state index contributed by atoms with van der Waals surface area (Å²) in [6.07, 6.45) is 0. The van der Waals surface area contributed by atoms with Crippen molar-refractivity contribution in [1.29, 1.82) is 0 Å². The second-order valence-corrected chi connectivity index (χ2v) is 6.99. The summed E-state index contributed by atoms with van der Waals surface area (Å²) in [5.74, 6) is 0.972. The predicted molar refractivity (Wildman–Crippen MR) is 90.2 cm³/mol. The molecule has 1 aromatic heterocycles. The van der Waals surface area contributed by atoms with E-state index in [1.807, 2.05) is 14.0 Å². The first-order valence-electron chi connectivity index (χ1n) is 7.32. The predicted octanol–water partition coefficient (Wildman–Crippen LogP) is 4.23. The van der Waals surface area contributed by atoms with Crippen molar-refractivity contribution in [3.05, 3.63) is 34.2 Å². The van der Waals surface area contributed by atoms with E-state index in [9.17, 15) is 0 Å². The van der Waals surface area contributed by atoms with Crippen LogP contribution in [0.15, 0.2) is 23.6 Å². The first-order chi connectivity index (χ1) is 9.95. The summed E-state index contributed by atoms with van der Waals surface area (Å²) in [5.41, 5.74) is 3.47. The van der Waals surface area contributed by atoms with Crippen LogP contribution in [0, 0.1) is 0 Å². The standard InChI is InChI=1S/C17H24N2OS/c1-6-20-15-8-7-12(9-13(15)17(2,3)4)14-11-21-16(19-14)10-18-5/h7-9,11,18H,6,10H2,1-5H3. The molecule has 4 heteroatoms. The summed E-state index contributed by atoms with van der Waals surface area (Å²) in [6, 6.07) is 6.37. The summed E-state index contributed by atoms with van der Waals surface area (Å²) in [7, 11) is 1.94. The van der Waals surface area contributed by atoms with Crippen LogP contribution in [0.2, 0.25) is 0 Å². The van der Waals surface area contributed by atoms with Crippen LogP contribution in [-0.4, -0.2) is 18.6 Å². The van der Waals surface area contributed by atoms with E-state index in [0.29, 0.717) is 6.61 Å². The number of thiazole rings is 1. The number of rotatable bonds is 5. The summed E-state index contributed by atoms with van der Waals surface area (Å²) in [4.78, 5) is 4.68. The van der Waals surface area contributed by atoms with Gasteiger partial charge in [0.2, 0.25) is 0 Å². The second kappa shape index (κ2) is 6.58. The van der Waals surface area contributed by atoms with Crippen LogP contribution in [0.1, 0.15) is 38.3 Å². The molecule has 2 rings (SSSR count). The largest absolute Gasteiger partial charge is 0.494 e. The molecule has 0 aliphatic carbocycles. The first-order valence-corrected chi connectivity index (χ1v) is 8.20. The molecule has 1 aromatic carbocycles. The molecule has 0 saturated carbocycles. The van der Waals surface area contributed by atoms with Gasteiger partial charge in [-0.05, 0) is 37.6 Å². The maximum absolute atomic E-state index is 5.77. The van der Waals surface area contributed by atoms with E-state index >= 15 is 0 Å². The SMILES string of the molecule is CCOc1ccc(-c2csc(CNC)n2)cc1C(C)(C)C. The Balaban J connectivity index is 2.40. The molecule has 0 fully saturated rings. The van der Waals surface area contributed by atoms with Crippen molar-refractivity contribution >= 4 is 11.3 Å². The molecule has 0 aliphatic heterocycles. The highest BCUT2D eigenvalue weighted by molar-refractivity contribution is 7.09. The van der Waals surface area contributed by atoms with Gasteiger partial charge in [0.25, 0.3) is 0 Å². The van der Waals surface area contributed by atoms with Gasteiger partial charge in [0.1, 0.15) is 10.8 Å². The number of hydrogen-bond donors (Lipinski definition) is 1. The van der Waals surface area contributed by atoms with Gasteiger partial charge < -0.3 is 10.1 Å². The Labute approximate surface area is 131 Å². The average Bonchev–Trinajstić information content (AvgIpc) is 2.87. The second-order valence-electron chi connectivity index (χ2n) is 6.05. The third-order valence-corrected chi connectivity index (χ3v) is 4.11. The lowest BCUT2D eigenvalue weighted by atomic mass is 9.85. The maximum Gasteiger partial charge on any atom is 0.123 e. The molecule has 1 N–H and O–H groups in total. The Kier molecular flexibility index (Phi) is 5.01. The Morgan fingerprint density at radius 2 is 2.05 bits per heavy atom. The molecule has 2 aromatic rings. The maximum atomic E-state index is 5.77. The van der Waals surface area contributed by atoms with E-state index in [1.165, 1.54) is 5.56 Å². The van der Waals surface area contributed by atoms with Gasteiger partial charge in [-0.3, -0.25) is 0 Å². The minimum atomic E-state index is 0.0460. The Morgan fingerprint density at radius 3 is 2.67 bits per heavy atom. The molecule has 3 nitrogen and oxygen atoms in total. The molecular weight excluding hydrogens is 280 g/mol. The minimum Gasteiger partial charge on any atom is -0.494 e. The van der Waals surface area contributed by atoms with Crippen LogP contribution < -0.4 is 10.1 Å². The zero-order valence-electron chi connectivity index (χ0n) is 13.5. The first kappa shape index (κ1) is 16.0. The fourth-order valence-corrected chi connectivity index (χ4v) is 3.05. The molecule has 21 heavy (non-hydrogen) atoms. The number of ether oxygens (including phenoxy) is 1. The van der Waals surface area contributed by atoms with Crippen molar-refractivity contribution in [2.45, 2.75) is 39.7 Å². The smallest absolute Gasteiger partial charge is 0.123 e. The summed E-state index contributed by atoms with van der Waals surface area (Å²) < 4.78 is 5.77. The van der Waals surface area contributed by atoms with Gasteiger partial charge in [0, 0.05) is 23.1 Å². The Bertz CT molecular complexity index is 599. The van der Waals surface area contributed by atoms with Gasteiger partial charge in [-0.2, -0.15) is 0 Å². The number of nitrogens with zero attached hydrogens (tertiary/aromatic N) is 1. The van der Waals surface area contributed by atoms with Gasteiger partial charge in [-0.25, -0.2) is 4.98 Å². The molecule has 0 spiro atoms. The van der Waals surface area contributed by atoms with Gasteiger partial charge in [-0.1, -0.05) is 20.8 Å². The summed E-state index contributed by atoms with van der Waals surface area (Å²) in [6.45, 7) is 10.1. The summed E-state index contributed by atoms with van der Waals surface area (Å²) >= 11 is 1.69. The molecule has 0 bridgehead atoms. The summed E-state index contributed by atoms with van der Waals surface area (Å²) in [5, 5.41) is 6.37.